The molecule has 0 unspecified atom stereocenters. The van der Waals surface area contributed by atoms with Gasteiger partial charge >= 0.3 is 6.09 Å². The van der Waals surface area contributed by atoms with Gasteiger partial charge in [-0.15, -0.1) is 0 Å². The van der Waals surface area contributed by atoms with Crippen molar-refractivity contribution in [1.82, 2.24) is 10.0 Å². The van der Waals surface area contributed by atoms with Gasteiger partial charge in [-0.05, 0) is 105 Å². The number of nitrogens with one attached hydrogen (secondary N) is 2. The number of rotatable bonds is 0. The first-order chi connectivity index (χ1) is 21.5. The minimum Gasteiger partial charge on any atom is -0.490 e. The highest BCUT2D eigenvalue weighted by molar-refractivity contribution is 7.90. The minimum atomic E-state index is -3.97. The van der Waals surface area contributed by atoms with E-state index in [0.29, 0.717) is 38.4 Å². The molecule has 3 aliphatic heterocycles. The second-order valence-electron chi connectivity index (χ2n) is 13.7. The summed E-state index contributed by atoms with van der Waals surface area (Å²) in [5.74, 6) is 0.0415. The zero-order valence-electron chi connectivity index (χ0n) is 25.7. The van der Waals surface area contributed by atoms with Crippen LogP contribution in [0, 0.1) is 17.8 Å². The van der Waals surface area contributed by atoms with Crippen LogP contribution in [-0.4, -0.2) is 57.5 Å². The Hall–Kier alpha value is -3.24. The Kier molecular flexibility index (Phi) is 7.59. The summed E-state index contributed by atoms with van der Waals surface area (Å²) in [4.78, 5) is 28.2. The normalized spacial score (nSPS) is 34.7. The molecule has 2 N–H and O–H groups in total. The van der Waals surface area contributed by atoms with Gasteiger partial charge in [0, 0.05) is 35.0 Å². The molecule has 0 aromatic heterocycles. The molecule has 2 bridgehead atoms. The Morgan fingerprint density at radius 3 is 2.69 bits per heavy atom. The molecule has 11 heteroatoms. The summed E-state index contributed by atoms with van der Waals surface area (Å²) in [6.07, 6.45) is 8.74. The van der Waals surface area contributed by atoms with Crippen molar-refractivity contribution in [3.05, 3.63) is 70.3 Å². The molecule has 2 aliphatic carbocycles. The van der Waals surface area contributed by atoms with Crippen LogP contribution >= 0.6 is 11.6 Å². The van der Waals surface area contributed by atoms with Crippen molar-refractivity contribution >= 4 is 39.3 Å². The lowest BCUT2D eigenvalue weighted by molar-refractivity contribution is -0.0241. The summed E-state index contributed by atoms with van der Waals surface area (Å²) in [6.45, 7) is 5.66. The van der Waals surface area contributed by atoms with Crippen molar-refractivity contribution in [3.8, 4) is 5.75 Å². The number of nitrogens with zero attached hydrogens (tertiary/aromatic N) is 1. The standard InChI is InChI=1S/C34H40ClN3O6S/c1-21-5-3-14-34(18-36-32(40)44-34)28-10-7-25(28)17-38-19-33(13-4-6-23-15-26(35)9-11-27(23)33)20-43-30-12-8-24(16-29(30)38)31(39)37-45(41,42)22(21)2/h3,8-9,11-12,14-16,21-22,25,28H,4-7,10,13,17-20H2,1-2H3,(H,36,40)(H,37,39)/b14-3+/t21-,22+,25-,28+,33-,34-/m0/s1. The number of hydrogen-bond acceptors (Lipinski definition) is 7. The average molecular weight is 654 g/mol. The van der Waals surface area contributed by atoms with Crippen molar-refractivity contribution in [2.24, 2.45) is 17.8 Å². The molecule has 2 fully saturated rings. The molecule has 2 aromatic rings. The van der Waals surface area contributed by atoms with Crippen LogP contribution < -0.4 is 19.7 Å². The van der Waals surface area contributed by atoms with E-state index >= 15 is 0 Å². The zero-order valence-corrected chi connectivity index (χ0v) is 27.3. The fourth-order valence-corrected chi connectivity index (χ4v) is 9.59. The lowest BCUT2D eigenvalue weighted by atomic mass is 9.64. The SMILES string of the molecule is C[C@@H]1[C@@H](C)C/C=C/[C@]2(CNC(=O)O2)[C@@H]2CC[C@H]2CN2C[C@@]3(CCCc4cc(Cl)ccc43)COc3ccc(cc32)C(=O)NS1(=O)=O. The Morgan fingerprint density at radius 2 is 1.93 bits per heavy atom. The first-order valence-electron chi connectivity index (χ1n) is 16.0. The van der Waals surface area contributed by atoms with E-state index in [4.69, 9.17) is 21.1 Å². The summed E-state index contributed by atoms with van der Waals surface area (Å²) >= 11 is 6.42. The second kappa shape index (κ2) is 11.2. The molecule has 0 radical (unpaired) electrons. The average Bonchev–Trinajstić information content (AvgIpc) is 3.28. The van der Waals surface area contributed by atoms with E-state index in [1.54, 1.807) is 25.1 Å². The maximum atomic E-state index is 13.4. The van der Waals surface area contributed by atoms with Crippen molar-refractivity contribution in [3.63, 3.8) is 0 Å². The van der Waals surface area contributed by atoms with Crippen LogP contribution in [0.2, 0.25) is 5.02 Å². The van der Waals surface area contributed by atoms with E-state index in [-0.39, 0.29) is 28.7 Å². The number of allylic oxidation sites excluding steroid dienone is 1. The lowest BCUT2D eigenvalue weighted by Gasteiger charge is -2.48. The molecule has 9 nitrogen and oxygen atoms in total. The van der Waals surface area contributed by atoms with Gasteiger partial charge in [0.15, 0.2) is 5.60 Å². The molecular formula is C34H40ClN3O6S. The van der Waals surface area contributed by atoms with Gasteiger partial charge < -0.3 is 19.7 Å². The molecule has 1 saturated carbocycles. The molecule has 2 aromatic carbocycles. The molecule has 6 atom stereocenters. The minimum absolute atomic E-state index is 0.0876. The Morgan fingerprint density at radius 1 is 1.09 bits per heavy atom. The second-order valence-corrected chi connectivity index (χ2v) is 16.2. The number of halogens is 1. The third-order valence-electron chi connectivity index (χ3n) is 11.0. The lowest BCUT2D eigenvalue weighted by Crippen LogP contribution is -2.53. The van der Waals surface area contributed by atoms with Gasteiger partial charge in [0.2, 0.25) is 10.0 Å². The van der Waals surface area contributed by atoms with Crippen LogP contribution in [0.25, 0.3) is 0 Å². The van der Waals surface area contributed by atoms with E-state index in [0.717, 1.165) is 42.8 Å². The fourth-order valence-electron chi connectivity index (χ4n) is 8.11. The summed E-state index contributed by atoms with van der Waals surface area (Å²) < 4.78 is 41.6. The number of carbonyl (C=O) groups excluding carboxylic acids is 2. The predicted octanol–water partition coefficient (Wildman–Crippen LogP) is 5.36. The fraction of sp³-hybridized carbons (Fsp3) is 0.529. The molecule has 1 saturated heterocycles. The number of sulfonamides is 1. The molecule has 5 aliphatic rings. The molecule has 2 spiro atoms. The molecule has 45 heavy (non-hydrogen) atoms. The highest BCUT2D eigenvalue weighted by Gasteiger charge is 2.53. The smallest absolute Gasteiger partial charge is 0.408 e. The first-order valence-corrected chi connectivity index (χ1v) is 17.9. The van der Waals surface area contributed by atoms with Gasteiger partial charge in [0.05, 0.1) is 24.1 Å². The number of aryl methyl sites for hydroxylation is 1. The molecule has 2 amide bonds. The van der Waals surface area contributed by atoms with Crippen LogP contribution in [0.5, 0.6) is 5.75 Å². The number of amides is 2. The van der Waals surface area contributed by atoms with Crippen LogP contribution in [-0.2, 0) is 26.6 Å². The zero-order chi connectivity index (χ0) is 31.6. The van der Waals surface area contributed by atoms with Crippen molar-refractivity contribution in [2.75, 3.05) is 31.1 Å². The number of anilines is 1. The van der Waals surface area contributed by atoms with Gasteiger partial charge in [-0.2, -0.15) is 0 Å². The third kappa shape index (κ3) is 5.37. The Bertz CT molecular complexity index is 1680. The van der Waals surface area contributed by atoms with Gasteiger partial charge in [0.1, 0.15) is 5.75 Å². The van der Waals surface area contributed by atoms with E-state index in [2.05, 4.69) is 27.1 Å². The van der Waals surface area contributed by atoms with Crippen LogP contribution in [0.4, 0.5) is 10.5 Å². The van der Waals surface area contributed by atoms with Crippen molar-refractivity contribution < 1.29 is 27.5 Å². The number of fused-ring (bicyclic) bond motifs is 5. The van der Waals surface area contributed by atoms with Gasteiger partial charge in [-0.25, -0.2) is 17.9 Å². The van der Waals surface area contributed by atoms with Crippen molar-refractivity contribution in [1.29, 1.82) is 0 Å². The molecular weight excluding hydrogens is 614 g/mol. The number of ether oxygens (including phenoxy) is 2. The largest absolute Gasteiger partial charge is 0.490 e. The van der Waals surface area contributed by atoms with E-state index in [1.807, 2.05) is 25.1 Å². The Balaban J connectivity index is 1.33. The molecule has 7 rings (SSSR count). The van der Waals surface area contributed by atoms with Gasteiger partial charge in [-0.1, -0.05) is 30.7 Å². The quantitative estimate of drug-likeness (QED) is 0.368. The number of carbonyl (C=O) groups is 2. The summed E-state index contributed by atoms with van der Waals surface area (Å²) in [6, 6.07) is 11.3. The highest BCUT2D eigenvalue weighted by Crippen LogP contribution is 2.49. The molecule has 240 valence electrons. The van der Waals surface area contributed by atoms with Crippen molar-refractivity contribution in [2.45, 2.75) is 68.6 Å². The predicted molar refractivity (Wildman–Crippen MR) is 172 cm³/mol. The maximum Gasteiger partial charge on any atom is 0.408 e. The highest BCUT2D eigenvalue weighted by atomic mass is 35.5. The van der Waals surface area contributed by atoms with E-state index < -0.39 is 32.9 Å². The maximum absolute atomic E-state index is 13.4. The van der Waals surface area contributed by atoms with Gasteiger partial charge in [-0.3, -0.25) is 4.79 Å². The van der Waals surface area contributed by atoms with E-state index in [9.17, 15) is 18.0 Å². The number of hydrogen-bond donors (Lipinski definition) is 2. The summed E-state index contributed by atoms with van der Waals surface area (Å²) in [5, 5.41) is 2.78. The van der Waals surface area contributed by atoms with Crippen LogP contribution in [0.15, 0.2) is 48.6 Å². The topological polar surface area (TPSA) is 114 Å². The molecule has 3 heterocycles. The number of benzene rings is 2. The van der Waals surface area contributed by atoms with E-state index in [1.165, 1.54) is 11.1 Å². The summed E-state index contributed by atoms with van der Waals surface area (Å²) in [7, 11) is -3.97. The summed E-state index contributed by atoms with van der Waals surface area (Å²) in [5.41, 5.74) is 2.41. The van der Waals surface area contributed by atoms with Crippen LogP contribution in [0.1, 0.15) is 67.4 Å². The first kappa shape index (κ1) is 30.4. The third-order valence-corrected chi connectivity index (χ3v) is 13.2. The van der Waals surface area contributed by atoms with Crippen LogP contribution in [0.3, 0.4) is 0 Å². The monoisotopic (exact) mass is 653 g/mol. The number of alkyl carbamates (subject to hydrolysis) is 1. The Labute approximate surface area is 269 Å². The van der Waals surface area contributed by atoms with Gasteiger partial charge in [0.25, 0.3) is 5.91 Å².